The predicted molar refractivity (Wildman–Crippen MR) is 88.8 cm³/mol. The van der Waals surface area contributed by atoms with Crippen molar-refractivity contribution in [3.05, 3.63) is 29.3 Å². The summed E-state index contributed by atoms with van der Waals surface area (Å²) in [5, 5.41) is 0. The Bertz CT molecular complexity index is 650. The van der Waals surface area contributed by atoms with Gasteiger partial charge in [0.25, 0.3) is 0 Å². The summed E-state index contributed by atoms with van der Waals surface area (Å²) in [5.74, 6) is 0.501. The van der Waals surface area contributed by atoms with E-state index in [0.29, 0.717) is 22.9 Å². The average molecular weight is 326 g/mol. The molecule has 1 saturated carbocycles. The highest BCUT2D eigenvalue weighted by Crippen LogP contribution is 2.33. The first-order valence-corrected chi connectivity index (χ1v) is 9.00. The normalized spacial score (nSPS) is 15.7. The number of thiocarbonyl (C=S) groups is 1. The van der Waals surface area contributed by atoms with Crippen LogP contribution in [0.2, 0.25) is 0 Å². The highest BCUT2D eigenvalue weighted by molar-refractivity contribution is 7.89. The van der Waals surface area contributed by atoms with E-state index in [0.717, 1.165) is 18.4 Å². The summed E-state index contributed by atoms with van der Waals surface area (Å²) in [6.45, 7) is 6.21. The number of hydrogen-bond acceptors (Lipinski definition) is 3. The molecule has 4 nitrogen and oxygen atoms in total. The Morgan fingerprint density at radius 1 is 1.43 bits per heavy atom. The van der Waals surface area contributed by atoms with Crippen LogP contribution in [0.1, 0.15) is 37.8 Å². The summed E-state index contributed by atoms with van der Waals surface area (Å²) >= 11 is 4.95. The highest BCUT2D eigenvalue weighted by atomic mass is 32.2. The molecule has 1 aromatic carbocycles. The summed E-state index contributed by atoms with van der Waals surface area (Å²) in [7, 11) is -3.52. The van der Waals surface area contributed by atoms with Crippen molar-refractivity contribution >= 4 is 27.2 Å². The number of benzene rings is 1. The van der Waals surface area contributed by atoms with E-state index in [1.807, 2.05) is 13.8 Å². The van der Waals surface area contributed by atoms with Crippen LogP contribution in [0.5, 0.6) is 0 Å². The highest BCUT2D eigenvalue weighted by Gasteiger charge is 2.34. The molecular weight excluding hydrogens is 304 g/mol. The maximum atomic E-state index is 13.0. The molecule has 2 N–H and O–H groups in total. The molecule has 0 aromatic heterocycles. The van der Waals surface area contributed by atoms with Crippen LogP contribution in [0, 0.1) is 12.8 Å². The third kappa shape index (κ3) is 3.62. The number of nitrogens with two attached hydrogens (primary N) is 1. The van der Waals surface area contributed by atoms with Crippen molar-refractivity contribution in [1.29, 1.82) is 0 Å². The van der Waals surface area contributed by atoms with Crippen LogP contribution >= 0.6 is 12.2 Å². The second-order valence-corrected chi connectivity index (χ2v) is 8.26. The van der Waals surface area contributed by atoms with E-state index < -0.39 is 10.0 Å². The minimum Gasteiger partial charge on any atom is -0.389 e. The molecule has 0 radical (unpaired) electrons. The van der Waals surface area contributed by atoms with Crippen LogP contribution in [-0.4, -0.2) is 30.3 Å². The fourth-order valence-electron chi connectivity index (χ4n) is 2.30. The van der Waals surface area contributed by atoms with E-state index in [-0.39, 0.29) is 11.0 Å². The van der Waals surface area contributed by atoms with Gasteiger partial charge in [-0.2, -0.15) is 4.31 Å². The molecule has 116 valence electrons. The second kappa shape index (κ2) is 6.02. The molecule has 0 saturated heterocycles. The molecule has 2 rings (SSSR count). The number of aryl methyl sites for hydroxylation is 1. The van der Waals surface area contributed by atoms with Gasteiger partial charge in [0.1, 0.15) is 4.99 Å². The molecule has 0 heterocycles. The summed E-state index contributed by atoms with van der Waals surface area (Å²) in [4.78, 5) is 0.520. The minimum atomic E-state index is -3.52. The first kappa shape index (κ1) is 16.4. The fourth-order valence-corrected chi connectivity index (χ4v) is 4.39. The van der Waals surface area contributed by atoms with Crippen LogP contribution in [0.4, 0.5) is 0 Å². The number of nitrogens with zero attached hydrogens (tertiary/aromatic N) is 1. The predicted octanol–water partition coefficient (Wildman–Crippen LogP) is 2.44. The smallest absolute Gasteiger partial charge is 0.243 e. The third-order valence-electron chi connectivity index (χ3n) is 3.77. The van der Waals surface area contributed by atoms with Gasteiger partial charge in [-0.05, 0) is 51.2 Å². The van der Waals surface area contributed by atoms with Gasteiger partial charge in [0.05, 0.1) is 4.90 Å². The Labute approximate surface area is 132 Å². The van der Waals surface area contributed by atoms with Crippen LogP contribution in [0.25, 0.3) is 0 Å². The van der Waals surface area contributed by atoms with Gasteiger partial charge in [-0.3, -0.25) is 0 Å². The van der Waals surface area contributed by atoms with Crippen molar-refractivity contribution in [1.82, 2.24) is 4.31 Å². The topological polar surface area (TPSA) is 63.4 Å². The van der Waals surface area contributed by atoms with Crippen LogP contribution < -0.4 is 5.73 Å². The SMILES string of the molecule is Cc1ccc(C(N)=S)cc1S(=O)(=O)N(CC1CC1)C(C)C. The zero-order valence-electron chi connectivity index (χ0n) is 12.7. The Morgan fingerprint density at radius 3 is 2.52 bits per heavy atom. The lowest BCUT2D eigenvalue weighted by Crippen LogP contribution is -2.38. The Morgan fingerprint density at radius 2 is 2.05 bits per heavy atom. The third-order valence-corrected chi connectivity index (χ3v) is 6.19. The Kier molecular flexibility index (Phi) is 4.70. The molecule has 0 aliphatic heterocycles. The maximum Gasteiger partial charge on any atom is 0.243 e. The number of rotatable bonds is 6. The standard InChI is InChI=1S/C15H22N2O2S2/c1-10(2)17(9-12-5-6-12)21(18,19)14-8-13(15(16)20)7-4-11(14)3/h4,7-8,10,12H,5-6,9H2,1-3H3,(H2,16,20). The van der Waals surface area contributed by atoms with Gasteiger partial charge < -0.3 is 5.73 Å². The molecule has 21 heavy (non-hydrogen) atoms. The van der Waals surface area contributed by atoms with Crippen LogP contribution in [0.3, 0.4) is 0 Å². The van der Waals surface area contributed by atoms with Gasteiger partial charge in [0, 0.05) is 18.2 Å². The van der Waals surface area contributed by atoms with Gasteiger partial charge in [-0.15, -0.1) is 0 Å². The molecular formula is C15H22N2O2S2. The van der Waals surface area contributed by atoms with Gasteiger partial charge in [0.15, 0.2) is 0 Å². The zero-order chi connectivity index (χ0) is 15.8. The summed E-state index contributed by atoms with van der Waals surface area (Å²) in [6.07, 6.45) is 2.23. The molecule has 0 spiro atoms. The Hall–Kier alpha value is -0.980. The van der Waals surface area contributed by atoms with E-state index in [2.05, 4.69) is 0 Å². The van der Waals surface area contributed by atoms with E-state index in [1.54, 1.807) is 29.4 Å². The van der Waals surface area contributed by atoms with E-state index in [9.17, 15) is 8.42 Å². The first-order valence-electron chi connectivity index (χ1n) is 7.15. The summed E-state index contributed by atoms with van der Waals surface area (Å²) < 4.78 is 27.5. The maximum absolute atomic E-state index is 13.0. The lowest BCUT2D eigenvalue weighted by atomic mass is 10.1. The fraction of sp³-hybridized carbons (Fsp3) is 0.533. The van der Waals surface area contributed by atoms with Crippen molar-refractivity contribution < 1.29 is 8.42 Å². The van der Waals surface area contributed by atoms with Gasteiger partial charge in [-0.25, -0.2) is 8.42 Å². The molecule has 0 bridgehead atoms. The molecule has 1 fully saturated rings. The van der Waals surface area contributed by atoms with Crippen molar-refractivity contribution in [3.8, 4) is 0 Å². The molecule has 0 atom stereocenters. The summed E-state index contributed by atoms with van der Waals surface area (Å²) in [6, 6.07) is 5.05. The van der Waals surface area contributed by atoms with Gasteiger partial charge in [-0.1, -0.05) is 24.4 Å². The van der Waals surface area contributed by atoms with E-state index in [1.165, 1.54) is 0 Å². The van der Waals surface area contributed by atoms with Gasteiger partial charge >= 0.3 is 0 Å². The van der Waals surface area contributed by atoms with Crippen molar-refractivity contribution in [2.75, 3.05) is 6.54 Å². The van der Waals surface area contributed by atoms with Crippen molar-refractivity contribution in [3.63, 3.8) is 0 Å². The summed E-state index contributed by atoms with van der Waals surface area (Å²) in [5.41, 5.74) is 6.93. The minimum absolute atomic E-state index is 0.0662. The van der Waals surface area contributed by atoms with Crippen molar-refractivity contribution in [2.45, 2.75) is 44.6 Å². The number of sulfonamides is 1. The molecule has 1 aliphatic carbocycles. The van der Waals surface area contributed by atoms with Crippen LogP contribution in [0.15, 0.2) is 23.1 Å². The lowest BCUT2D eigenvalue weighted by Gasteiger charge is -2.27. The lowest BCUT2D eigenvalue weighted by molar-refractivity contribution is 0.341. The monoisotopic (exact) mass is 326 g/mol. The number of hydrogen-bond donors (Lipinski definition) is 1. The van der Waals surface area contributed by atoms with Crippen LogP contribution in [-0.2, 0) is 10.0 Å². The average Bonchev–Trinajstić information content (AvgIpc) is 3.19. The molecule has 1 aromatic rings. The van der Waals surface area contributed by atoms with E-state index >= 15 is 0 Å². The molecule has 1 aliphatic rings. The molecule has 0 amide bonds. The second-order valence-electron chi connectivity index (χ2n) is 5.96. The first-order chi connectivity index (χ1) is 9.73. The quantitative estimate of drug-likeness (QED) is 0.816. The van der Waals surface area contributed by atoms with Gasteiger partial charge in [0.2, 0.25) is 10.0 Å². The molecule has 6 heteroatoms. The molecule has 0 unspecified atom stereocenters. The van der Waals surface area contributed by atoms with E-state index in [4.69, 9.17) is 18.0 Å². The Balaban J connectivity index is 2.45. The van der Waals surface area contributed by atoms with Crippen molar-refractivity contribution in [2.24, 2.45) is 11.7 Å². The zero-order valence-corrected chi connectivity index (χ0v) is 14.3. The largest absolute Gasteiger partial charge is 0.389 e.